The second-order valence-electron chi connectivity index (χ2n) is 11.4. The minimum absolute atomic E-state index is 0.0792. The van der Waals surface area contributed by atoms with Gasteiger partial charge in [0.25, 0.3) is 5.91 Å². The van der Waals surface area contributed by atoms with Gasteiger partial charge in [-0.2, -0.15) is 0 Å². The maximum atomic E-state index is 13.3. The van der Waals surface area contributed by atoms with Gasteiger partial charge in [-0.3, -0.25) is 4.79 Å². The predicted molar refractivity (Wildman–Crippen MR) is 135 cm³/mol. The molecule has 7 rings (SSSR count). The van der Waals surface area contributed by atoms with Crippen molar-refractivity contribution < 1.29 is 19.4 Å². The van der Waals surface area contributed by atoms with Gasteiger partial charge in [-0.25, -0.2) is 9.97 Å². The molecule has 4 fully saturated rings. The second kappa shape index (κ2) is 9.21. The zero-order valence-electron chi connectivity index (χ0n) is 21.2. The van der Waals surface area contributed by atoms with E-state index in [1.54, 1.807) is 43.6 Å². The molecule has 8 nitrogen and oxygen atoms in total. The highest BCUT2D eigenvalue weighted by atomic mass is 16.5. The molecule has 1 atom stereocenters. The van der Waals surface area contributed by atoms with Gasteiger partial charge in [0.2, 0.25) is 0 Å². The van der Waals surface area contributed by atoms with Crippen molar-refractivity contribution in [2.24, 2.45) is 23.2 Å². The molecule has 4 aliphatic carbocycles. The largest absolute Gasteiger partial charge is 0.497 e. The van der Waals surface area contributed by atoms with Crippen molar-refractivity contribution in [3.63, 3.8) is 0 Å². The molecule has 1 unspecified atom stereocenters. The zero-order valence-corrected chi connectivity index (χ0v) is 21.2. The maximum absolute atomic E-state index is 13.3. The number of aromatic nitrogens is 2. The Morgan fingerprint density at radius 3 is 2.33 bits per heavy atom. The van der Waals surface area contributed by atoms with Gasteiger partial charge in [0.1, 0.15) is 23.6 Å². The van der Waals surface area contributed by atoms with Crippen LogP contribution in [0.2, 0.25) is 0 Å². The third kappa shape index (κ3) is 4.19. The topological polar surface area (TPSA) is 96.8 Å². The molecule has 0 radical (unpaired) electrons. The second-order valence-corrected chi connectivity index (χ2v) is 11.4. The lowest BCUT2D eigenvalue weighted by Gasteiger charge is -2.58. The van der Waals surface area contributed by atoms with Crippen LogP contribution in [0, 0.1) is 23.2 Å². The molecule has 8 heteroatoms. The monoisotopic (exact) mass is 492 g/mol. The van der Waals surface area contributed by atoms with Crippen LogP contribution in [0.3, 0.4) is 0 Å². The van der Waals surface area contributed by atoms with E-state index in [2.05, 4.69) is 15.3 Å². The lowest BCUT2D eigenvalue weighted by Crippen LogP contribution is -2.53. The first kappa shape index (κ1) is 23.5. The highest BCUT2D eigenvalue weighted by Gasteiger charge is 2.53. The van der Waals surface area contributed by atoms with Crippen molar-refractivity contribution in [2.45, 2.75) is 57.6 Å². The molecule has 4 bridgehead atoms. The smallest absolute Gasteiger partial charge is 0.254 e. The van der Waals surface area contributed by atoms with E-state index in [9.17, 15) is 9.90 Å². The van der Waals surface area contributed by atoms with Crippen molar-refractivity contribution in [2.75, 3.05) is 32.6 Å². The van der Waals surface area contributed by atoms with Crippen molar-refractivity contribution in [1.82, 2.24) is 14.9 Å². The van der Waals surface area contributed by atoms with Gasteiger partial charge in [0.15, 0.2) is 0 Å². The number of ether oxygens (including phenoxy) is 2. The van der Waals surface area contributed by atoms with Gasteiger partial charge in [0.05, 0.1) is 32.6 Å². The Morgan fingerprint density at radius 2 is 1.72 bits per heavy atom. The van der Waals surface area contributed by atoms with Crippen LogP contribution in [0.5, 0.6) is 11.5 Å². The van der Waals surface area contributed by atoms with Crippen molar-refractivity contribution in [3.8, 4) is 11.5 Å². The van der Waals surface area contributed by atoms with E-state index in [1.165, 1.54) is 38.5 Å². The fraction of sp³-hybridized carbons (Fsp3) is 0.607. The standard InChI is InChI=1S/C28H36N4O4/c1-35-21-8-20(9-22(10-21)36-2)27(34)32-4-3-23-24(15-32)30-16-31-26(23)29-14-25(33)28-11-17-5-18(12-28)7-19(6-17)13-28/h8-10,16-19,25,33H,3-7,11-15H2,1-2H3,(H,29,30,31). The van der Waals surface area contributed by atoms with Crippen molar-refractivity contribution >= 4 is 11.7 Å². The lowest BCUT2D eigenvalue weighted by atomic mass is 9.48. The van der Waals surface area contributed by atoms with Gasteiger partial charge < -0.3 is 24.8 Å². The van der Waals surface area contributed by atoms with E-state index in [1.807, 2.05) is 0 Å². The quantitative estimate of drug-likeness (QED) is 0.609. The summed E-state index contributed by atoms with van der Waals surface area (Å²) < 4.78 is 10.7. The third-order valence-electron chi connectivity index (χ3n) is 9.15. The van der Waals surface area contributed by atoms with Crippen molar-refractivity contribution in [1.29, 1.82) is 0 Å². The van der Waals surface area contributed by atoms with E-state index in [0.717, 1.165) is 34.8 Å². The number of carbonyl (C=O) groups excluding carboxylic acids is 1. The summed E-state index contributed by atoms with van der Waals surface area (Å²) in [5.41, 5.74) is 2.50. The summed E-state index contributed by atoms with van der Waals surface area (Å²) in [6, 6.07) is 5.23. The Labute approximate surface area is 212 Å². The molecule has 2 N–H and O–H groups in total. The summed E-state index contributed by atoms with van der Waals surface area (Å²) in [5.74, 6) is 4.31. The van der Waals surface area contributed by atoms with E-state index < -0.39 is 0 Å². The van der Waals surface area contributed by atoms with Crippen LogP contribution >= 0.6 is 0 Å². The number of nitrogens with zero attached hydrogens (tertiary/aromatic N) is 3. The number of nitrogens with one attached hydrogen (secondary N) is 1. The number of methoxy groups -OCH3 is 2. The van der Waals surface area contributed by atoms with Gasteiger partial charge >= 0.3 is 0 Å². The van der Waals surface area contributed by atoms with Crippen molar-refractivity contribution in [3.05, 3.63) is 41.3 Å². The van der Waals surface area contributed by atoms with E-state index >= 15 is 0 Å². The van der Waals surface area contributed by atoms with Crippen LogP contribution in [0.4, 0.5) is 5.82 Å². The number of aliphatic hydroxyl groups excluding tert-OH is 1. The number of amides is 1. The first-order chi connectivity index (χ1) is 17.5. The van der Waals surface area contributed by atoms with Crippen LogP contribution in [0.15, 0.2) is 24.5 Å². The summed E-state index contributed by atoms with van der Waals surface area (Å²) in [5, 5.41) is 14.8. The van der Waals surface area contributed by atoms with Crippen LogP contribution < -0.4 is 14.8 Å². The Balaban J connectivity index is 1.14. The first-order valence-electron chi connectivity index (χ1n) is 13.2. The molecule has 36 heavy (non-hydrogen) atoms. The third-order valence-corrected chi connectivity index (χ3v) is 9.15. The highest BCUT2D eigenvalue weighted by Crippen LogP contribution is 2.61. The number of carbonyl (C=O) groups is 1. The number of hydrogen-bond acceptors (Lipinski definition) is 7. The molecular weight excluding hydrogens is 456 g/mol. The maximum Gasteiger partial charge on any atom is 0.254 e. The fourth-order valence-corrected chi connectivity index (χ4v) is 7.79. The molecule has 5 aliphatic rings. The predicted octanol–water partition coefficient (Wildman–Crippen LogP) is 3.68. The minimum atomic E-state index is -0.360. The Hall–Kier alpha value is -2.87. The number of fused-ring (bicyclic) bond motifs is 1. The lowest BCUT2D eigenvalue weighted by molar-refractivity contribution is -0.115. The highest BCUT2D eigenvalue weighted by molar-refractivity contribution is 5.95. The van der Waals surface area contributed by atoms with E-state index in [-0.39, 0.29) is 17.4 Å². The van der Waals surface area contributed by atoms with Crippen LogP contribution in [0.25, 0.3) is 0 Å². The Bertz CT molecular complexity index is 1090. The summed E-state index contributed by atoms with van der Waals surface area (Å²) in [4.78, 5) is 24.1. The number of aliphatic hydroxyl groups is 1. The average molecular weight is 493 g/mol. The molecule has 0 spiro atoms. The summed E-state index contributed by atoms with van der Waals surface area (Å²) >= 11 is 0. The van der Waals surface area contributed by atoms with E-state index in [0.29, 0.717) is 43.1 Å². The van der Waals surface area contributed by atoms with Gasteiger partial charge in [0, 0.05) is 30.3 Å². The molecular formula is C28H36N4O4. The molecule has 1 aliphatic heterocycles. The molecule has 192 valence electrons. The molecule has 2 aromatic rings. The SMILES string of the molecule is COc1cc(OC)cc(C(=O)N2CCc3c(ncnc3NCC(O)C34CC5CC(CC(C5)C3)C4)C2)c1. The molecule has 2 heterocycles. The van der Waals surface area contributed by atoms with Gasteiger partial charge in [-0.15, -0.1) is 0 Å². The van der Waals surface area contributed by atoms with Crippen LogP contribution in [-0.2, 0) is 13.0 Å². The Morgan fingerprint density at radius 1 is 1.08 bits per heavy atom. The minimum Gasteiger partial charge on any atom is -0.497 e. The molecule has 0 saturated heterocycles. The van der Waals surface area contributed by atoms with E-state index in [4.69, 9.17) is 9.47 Å². The summed E-state index contributed by atoms with van der Waals surface area (Å²) in [6.07, 6.45) is 9.51. The molecule has 1 aromatic carbocycles. The Kier molecular flexibility index (Phi) is 6.02. The summed E-state index contributed by atoms with van der Waals surface area (Å²) in [6.45, 7) is 1.51. The number of anilines is 1. The number of benzene rings is 1. The number of rotatable bonds is 7. The van der Waals surface area contributed by atoms with Gasteiger partial charge in [-0.1, -0.05) is 0 Å². The van der Waals surface area contributed by atoms with Crippen LogP contribution in [0.1, 0.15) is 60.1 Å². The zero-order chi connectivity index (χ0) is 24.9. The first-order valence-corrected chi connectivity index (χ1v) is 13.2. The molecule has 1 amide bonds. The number of hydrogen-bond donors (Lipinski definition) is 2. The summed E-state index contributed by atoms with van der Waals surface area (Å²) in [7, 11) is 3.15. The molecule has 1 aromatic heterocycles. The van der Waals surface area contributed by atoms with Crippen LogP contribution in [-0.4, -0.2) is 59.3 Å². The average Bonchev–Trinajstić information content (AvgIpc) is 2.89. The fourth-order valence-electron chi connectivity index (χ4n) is 7.79. The molecule has 4 saturated carbocycles. The normalized spacial score (nSPS) is 29.0. The van der Waals surface area contributed by atoms with Gasteiger partial charge in [-0.05, 0) is 80.2 Å².